The van der Waals surface area contributed by atoms with Gasteiger partial charge in [0.25, 0.3) is 0 Å². The Bertz CT molecular complexity index is 1510. The van der Waals surface area contributed by atoms with Crippen LogP contribution in [0.2, 0.25) is 0 Å². The van der Waals surface area contributed by atoms with Crippen LogP contribution < -0.4 is 5.73 Å². The third kappa shape index (κ3) is 4.10. The molecule has 0 aromatic heterocycles. The SMILES string of the molecule is C[C@]12C[C@H](c3ccc(-c4ccc(C(N)=O)cc4)cc3)C3=C4CCC(=O)C=C4CC[C@H]3C1CC[C@@]2(O)C(F)(F)C(F)(F)F. The van der Waals surface area contributed by atoms with E-state index < -0.39 is 47.3 Å². The molecule has 42 heavy (non-hydrogen) atoms. The van der Waals surface area contributed by atoms with Gasteiger partial charge in [-0.25, -0.2) is 0 Å². The van der Waals surface area contributed by atoms with Crippen LogP contribution in [-0.2, 0) is 4.79 Å². The van der Waals surface area contributed by atoms with Crippen LogP contribution in [0.5, 0.6) is 0 Å². The predicted molar refractivity (Wildman–Crippen MR) is 147 cm³/mol. The number of carbonyl (C=O) groups excluding carboxylic acids is 2. The van der Waals surface area contributed by atoms with Gasteiger partial charge in [-0.2, -0.15) is 22.0 Å². The Balaban J connectivity index is 1.46. The number of alkyl halides is 5. The molecule has 0 bridgehead atoms. The highest BCUT2D eigenvalue weighted by Crippen LogP contribution is 2.70. The third-order valence-corrected chi connectivity index (χ3v) is 10.6. The summed E-state index contributed by atoms with van der Waals surface area (Å²) < 4.78 is 71.6. The van der Waals surface area contributed by atoms with Gasteiger partial charge >= 0.3 is 12.1 Å². The molecule has 4 nitrogen and oxygen atoms in total. The Labute approximate surface area is 240 Å². The molecule has 6 rings (SSSR count). The summed E-state index contributed by atoms with van der Waals surface area (Å²) in [5, 5.41) is 11.4. The van der Waals surface area contributed by atoms with E-state index in [9.17, 15) is 27.9 Å². The van der Waals surface area contributed by atoms with Gasteiger partial charge in [0.15, 0.2) is 5.78 Å². The Hall–Kier alpha value is -3.33. The molecule has 2 aromatic carbocycles. The monoisotopic (exact) mass is 585 g/mol. The fraction of sp³-hybridized carbons (Fsp3) is 0.455. The highest BCUT2D eigenvalue weighted by atomic mass is 19.4. The summed E-state index contributed by atoms with van der Waals surface area (Å²) in [5.41, 5.74) is 6.19. The number of ketones is 1. The van der Waals surface area contributed by atoms with E-state index in [0.717, 1.165) is 33.4 Å². The number of aliphatic hydroxyl groups is 1. The largest absolute Gasteiger partial charge is 0.456 e. The molecular formula is C33H32F5NO3. The van der Waals surface area contributed by atoms with E-state index in [2.05, 4.69) is 0 Å². The summed E-state index contributed by atoms with van der Waals surface area (Å²) in [6.07, 6.45) is -2.90. The number of primary amides is 1. The van der Waals surface area contributed by atoms with Crippen molar-refractivity contribution in [2.24, 2.45) is 23.0 Å². The predicted octanol–water partition coefficient (Wildman–Crippen LogP) is 7.28. The van der Waals surface area contributed by atoms with Crippen LogP contribution in [0.1, 0.15) is 73.7 Å². The minimum absolute atomic E-state index is 0.0387. The summed E-state index contributed by atoms with van der Waals surface area (Å²) in [4.78, 5) is 23.7. The number of hydrogen-bond acceptors (Lipinski definition) is 3. The molecule has 2 aromatic rings. The van der Waals surface area contributed by atoms with E-state index in [-0.39, 0.29) is 24.5 Å². The number of carbonyl (C=O) groups is 2. The van der Waals surface area contributed by atoms with Crippen LogP contribution in [0, 0.1) is 17.3 Å². The van der Waals surface area contributed by atoms with Gasteiger partial charge in [0.05, 0.1) is 0 Å². The Morgan fingerprint density at radius 3 is 2.14 bits per heavy atom. The van der Waals surface area contributed by atoms with E-state index in [1.165, 1.54) is 6.92 Å². The second-order valence-corrected chi connectivity index (χ2v) is 12.5. The molecule has 4 aliphatic rings. The molecule has 0 heterocycles. The normalized spacial score (nSPS) is 31.3. The number of benzene rings is 2. The van der Waals surface area contributed by atoms with Crippen LogP contribution >= 0.6 is 0 Å². The summed E-state index contributed by atoms with van der Waals surface area (Å²) in [5.74, 6) is -7.08. The molecule has 1 amide bonds. The van der Waals surface area contributed by atoms with Gasteiger partial charge in [-0.3, -0.25) is 9.59 Å². The summed E-state index contributed by atoms with van der Waals surface area (Å²) in [6.45, 7) is 1.42. The lowest BCUT2D eigenvalue weighted by Gasteiger charge is -2.56. The van der Waals surface area contributed by atoms with E-state index in [0.29, 0.717) is 31.2 Å². The molecule has 1 unspecified atom stereocenters. The number of rotatable bonds is 4. The van der Waals surface area contributed by atoms with Crippen molar-refractivity contribution in [1.29, 1.82) is 0 Å². The zero-order valence-corrected chi connectivity index (χ0v) is 23.1. The summed E-state index contributed by atoms with van der Waals surface area (Å²) in [7, 11) is 0. The average molecular weight is 586 g/mol. The minimum Gasteiger partial charge on any atom is -0.383 e. The molecule has 4 aliphatic carbocycles. The van der Waals surface area contributed by atoms with Gasteiger partial charge in [0.1, 0.15) is 5.60 Å². The van der Waals surface area contributed by atoms with Gasteiger partial charge in [0.2, 0.25) is 5.91 Å². The zero-order valence-electron chi connectivity index (χ0n) is 23.1. The lowest BCUT2D eigenvalue weighted by molar-refractivity contribution is -0.362. The van der Waals surface area contributed by atoms with E-state index >= 15 is 8.78 Å². The van der Waals surface area contributed by atoms with E-state index in [1.807, 2.05) is 24.3 Å². The third-order valence-electron chi connectivity index (χ3n) is 10.6. The molecule has 0 radical (unpaired) electrons. The van der Waals surface area contributed by atoms with Gasteiger partial charge in [0, 0.05) is 23.3 Å². The number of halogens is 5. The van der Waals surface area contributed by atoms with Gasteiger partial charge in [-0.15, -0.1) is 0 Å². The lowest BCUT2D eigenvalue weighted by Crippen LogP contribution is -2.65. The first-order valence-corrected chi connectivity index (χ1v) is 14.3. The molecular weight excluding hydrogens is 553 g/mol. The van der Waals surface area contributed by atoms with Gasteiger partial charge < -0.3 is 10.8 Å². The van der Waals surface area contributed by atoms with Crippen molar-refractivity contribution >= 4 is 11.7 Å². The van der Waals surface area contributed by atoms with Crippen molar-refractivity contribution in [2.45, 2.75) is 75.5 Å². The van der Waals surface area contributed by atoms with E-state index in [1.54, 1.807) is 30.3 Å². The number of hydrogen-bond donors (Lipinski definition) is 2. The summed E-state index contributed by atoms with van der Waals surface area (Å²) in [6, 6.07) is 14.2. The molecule has 2 fully saturated rings. The smallest absolute Gasteiger partial charge is 0.383 e. The topological polar surface area (TPSA) is 80.4 Å². The zero-order chi connectivity index (χ0) is 30.2. The molecule has 222 valence electrons. The van der Waals surface area contributed by atoms with Crippen LogP contribution in [0.4, 0.5) is 22.0 Å². The van der Waals surface area contributed by atoms with Crippen molar-refractivity contribution in [3.63, 3.8) is 0 Å². The van der Waals surface area contributed by atoms with Crippen LogP contribution in [-0.4, -0.2) is 34.5 Å². The second-order valence-electron chi connectivity index (χ2n) is 12.5. The molecule has 5 atom stereocenters. The number of amides is 1. The average Bonchev–Trinajstić information content (AvgIpc) is 3.23. The molecule has 2 saturated carbocycles. The maximum absolute atomic E-state index is 15.2. The van der Waals surface area contributed by atoms with Crippen LogP contribution in [0.25, 0.3) is 11.1 Å². The van der Waals surface area contributed by atoms with Crippen LogP contribution in [0.3, 0.4) is 0 Å². The van der Waals surface area contributed by atoms with E-state index in [4.69, 9.17) is 5.73 Å². The van der Waals surface area contributed by atoms with Crippen molar-refractivity contribution in [1.82, 2.24) is 0 Å². The maximum Gasteiger partial charge on any atom is 0.456 e. The van der Waals surface area contributed by atoms with Crippen molar-refractivity contribution < 1.29 is 36.6 Å². The fourth-order valence-corrected chi connectivity index (χ4v) is 8.45. The van der Waals surface area contributed by atoms with Crippen molar-refractivity contribution in [3.05, 3.63) is 82.5 Å². The Morgan fingerprint density at radius 1 is 0.929 bits per heavy atom. The van der Waals surface area contributed by atoms with Crippen molar-refractivity contribution in [2.75, 3.05) is 0 Å². The first kappa shape index (κ1) is 28.8. The highest BCUT2D eigenvalue weighted by molar-refractivity contribution is 5.93. The number of allylic oxidation sites excluding steroid dienone is 4. The molecule has 0 aliphatic heterocycles. The lowest BCUT2D eigenvalue weighted by atomic mass is 9.50. The molecule has 9 heteroatoms. The molecule has 3 N–H and O–H groups in total. The quantitative estimate of drug-likeness (QED) is 0.370. The number of fused-ring (bicyclic) bond motifs is 4. The van der Waals surface area contributed by atoms with Crippen LogP contribution in [0.15, 0.2) is 71.3 Å². The second kappa shape index (κ2) is 9.59. The number of nitrogens with two attached hydrogens (primary N) is 1. The minimum atomic E-state index is -5.88. The fourth-order valence-electron chi connectivity index (χ4n) is 8.45. The standard InChI is InChI=1S/C33H32F5NO3/c1-30-17-26(20-6-2-18(3-7-20)19-4-8-21(9-5-19)29(39)41)28-24-13-11-23(40)16-22(24)10-12-25(28)27(30)14-15-31(30,42)32(34,35)33(36,37)38/h2-9,16,25-27,42H,10-15,17H2,1H3,(H2,39,41)/t25-,26+,27?,30-,31-/m0/s1. The molecule has 0 saturated heterocycles. The highest BCUT2D eigenvalue weighted by Gasteiger charge is 2.79. The van der Waals surface area contributed by atoms with Crippen molar-refractivity contribution in [3.8, 4) is 11.1 Å². The first-order valence-electron chi connectivity index (χ1n) is 14.3. The maximum atomic E-state index is 15.2. The first-order chi connectivity index (χ1) is 19.7. The summed E-state index contributed by atoms with van der Waals surface area (Å²) >= 11 is 0. The Morgan fingerprint density at radius 2 is 1.55 bits per heavy atom. The van der Waals surface area contributed by atoms with Gasteiger partial charge in [-0.05, 0) is 96.4 Å². The van der Waals surface area contributed by atoms with Gasteiger partial charge in [-0.1, -0.05) is 48.9 Å². The molecule has 0 spiro atoms. The Kier molecular flexibility index (Phi) is 6.57.